The number of rotatable bonds is 2. The van der Waals surface area contributed by atoms with Crippen LogP contribution in [0, 0.1) is 11.8 Å². The molecule has 1 aromatic heterocycles. The zero-order valence-electron chi connectivity index (χ0n) is 14.9. The first-order valence-electron chi connectivity index (χ1n) is 9.26. The molecule has 3 amide bonds. The van der Waals surface area contributed by atoms with Crippen LogP contribution in [0.2, 0.25) is 0 Å². The largest absolute Gasteiger partial charge is 0.358 e. The van der Waals surface area contributed by atoms with E-state index in [0.717, 1.165) is 25.7 Å². The zero-order chi connectivity index (χ0) is 18.3. The number of H-pyrrole nitrogens is 2. The molecule has 4 rings (SSSR count). The molecule has 0 radical (unpaired) electrons. The van der Waals surface area contributed by atoms with Gasteiger partial charge in [-0.15, -0.1) is 0 Å². The van der Waals surface area contributed by atoms with Gasteiger partial charge in [0, 0.05) is 44.9 Å². The fraction of sp³-hybridized carbons (Fsp3) is 0.706. The van der Waals surface area contributed by atoms with E-state index in [1.165, 1.54) is 6.20 Å². The third-order valence-electron chi connectivity index (χ3n) is 5.95. The second kappa shape index (κ2) is 6.79. The minimum absolute atomic E-state index is 0.0819. The summed E-state index contributed by atoms with van der Waals surface area (Å²) >= 11 is 0. The number of piperidine rings is 1. The Morgan fingerprint density at radius 3 is 2.69 bits per heavy atom. The van der Waals surface area contributed by atoms with Crippen LogP contribution in [-0.4, -0.2) is 70.7 Å². The molecular weight excluding hydrogens is 338 g/mol. The van der Waals surface area contributed by atoms with Crippen molar-refractivity contribution >= 4 is 11.9 Å². The Kier molecular flexibility index (Phi) is 4.47. The molecule has 142 valence electrons. The number of hydrogen-bond donors (Lipinski definition) is 3. The topological polar surface area (TPSA) is 111 Å². The number of urea groups is 1. The zero-order valence-corrected chi connectivity index (χ0v) is 14.9. The summed E-state index contributed by atoms with van der Waals surface area (Å²) in [6, 6.07) is 0.00914. The van der Waals surface area contributed by atoms with Crippen LogP contribution in [0.3, 0.4) is 0 Å². The van der Waals surface area contributed by atoms with E-state index >= 15 is 0 Å². The summed E-state index contributed by atoms with van der Waals surface area (Å²) in [5.41, 5.74) is -0.0811. The van der Waals surface area contributed by atoms with Crippen LogP contribution in [0.4, 0.5) is 4.79 Å². The monoisotopic (exact) mass is 363 g/mol. The van der Waals surface area contributed by atoms with Crippen LogP contribution in [0.5, 0.6) is 0 Å². The first kappa shape index (κ1) is 17.1. The third kappa shape index (κ3) is 3.00. The van der Waals surface area contributed by atoms with Crippen molar-refractivity contribution < 1.29 is 14.3 Å². The third-order valence-corrected chi connectivity index (χ3v) is 5.95. The number of likely N-dealkylation sites (tertiary alicyclic amines) is 1. The van der Waals surface area contributed by atoms with Gasteiger partial charge in [-0.25, -0.2) is 9.59 Å². The van der Waals surface area contributed by atoms with Gasteiger partial charge >= 0.3 is 11.7 Å². The van der Waals surface area contributed by atoms with Crippen molar-refractivity contribution in [3.05, 3.63) is 22.4 Å². The van der Waals surface area contributed by atoms with Crippen LogP contribution >= 0.6 is 0 Å². The number of imidazole rings is 1. The van der Waals surface area contributed by atoms with E-state index in [1.54, 1.807) is 16.8 Å². The minimum Gasteiger partial charge on any atom is -0.358 e. The second-order valence-corrected chi connectivity index (χ2v) is 7.44. The first-order chi connectivity index (χ1) is 12.5. The summed E-state index contributed by atoms with van der Waals surface area (Å²) in [6.07, 6.45) is 4.99. The number of ether oxygens (including phenoxy) is 1. The molecule has 3 aliphatic rings. The Hall–Kier alpha value is -2.29. The quantitative estimate of drug-likeness (QED) is 0.703. The molecule has 3 atom stereocenters. The smallest absolute Gasteiger partial charge is 0.323 e. The van der Waals surface area contributed by atoms with Crippen molar-refractivity contribution in [2.45, 2.75) is 38.0 Å². The number of hydrogen-bond acceptors (Lipinski definition) is 4. The predicted octanol–water partition coefficient (Wildman–Crippen LogP) is 0.332. The number of amides is 3. The van der Waals surface area contributed by atoms with Gasteiger partial charge < -0.3 is 29.8 Å². The van der Waals surface area contributed by atoms with Gasteiger partial charge in [-0.05, 0) is 31.6 Å². The average molecular weight is 363 g/mol. The van der Waals surface area contributed by atoms with Gasteiger partial charge in [-0.1, -0.05) is 0 Å². The van der Waals surface area contributed by atoms with Gasteiger partial charge in [0.15, 0.2) is 0 Å². The number of aromatic nitrogens is 2. The lowest BCUT2D eigenvalue weighted by molar-refractivity contribution is -0.123. The Balaban J connectivity index is 1.41. The second-order valence-electron chi connectivity index (χ2n) is 7.44. The summed E-state index contributed by atoms with van der Waals surface area (Å²) in [4.78, 5) is 44.4. The molecule has 4 heterocycles. The first-order valence-corrected chi connectivity index (χ1v) is 9.26. The van der Waals surface area contributed by atoms with E-state index in [4.69, 9.17) is 4.74 Å². The number of fused-ring (bicyclic) bond motifs is 1. The summed E-state index contributed by atoms with van der Waals surface area (Å²) in [5, 5.41) is 3.17. The van der Waals surface area contributed by atoms with Crippen LogP contribution in [0.25, 0.3) is 0 Å². The maximum atomic E-state index is 12.5. The van der Waals surface area contributed by atoms with Crippen molar-refractivity contribution in [1.29, 1.82) is 0 Å². The molecule has 0 spiro atoms. The van der Waals surface area contributed by atoms with Crippen molar-refractivity contribution in [1.82, 2.24) is 25.1 Å². The highest BCUT2D eigenvalue weighted by atomic mass is 16.5. The molecule has 1 aromatic rings. The predicted molar refractivity (Wildman–Crippen MR) is 92.6 cm³/mol. The maximum absolute atomic E-state index is 12.5. The van der Waals surface area contributed by atoms with Gasteiger partial charge in [0.05, 0.1) is 0 Å². The molecule has 3 fully saturated rings. The normalized spacial score (nSPS) is 30.0. The van der Waals surface area contributed by atoms with Gasteiger partial charge in [0.2, 0.25) is 0 Å². The molecule has 3 aliphatic heterocycles. The molecule has 0 bridgehead atoms. The number of aromatic amines is 2. The Bertz CT molecular complexity index is 736. The van der Waals surface area contributed by atoms with Crippen LogP contribution in [-0.2, 0) is 4.74 Å². The number of nitrogens with zero attached hydrogens (tertiary/aromatic N) is 2. The van der Waals surface area contributed by atoms with Crippen LogP contribution in [0.1, 0.15) is 36.2 Å². The Labute approximate surface area is 151 Å². The number of carbonyl (C=O) groups is 2. The van der Waals surface area contributed by atoms with E-state index in [1.807, 2.05) is 0 Å². The maximum Gasteiger partial charge on any atom is 0.323 e. The lowest BCUT2D eigenvalue weighted by Crippen LogP contribution is -2.65. The standard InChI is InChI=1S/C17H25N5O4/c1-21-15-11(3-2-8-26-15)13(20-17(21)25)10-4-6-22(7-5-10)14(23)12-9-18-16(24)19-12/h9-11,13,15H,2-8H2,1H3,(H,20,25)(H2,18,19,24)/t11-,13-,15-/m0/s1. The molecule has 9 heteroatoms. The van der Waals surface area contributed by atoms with E-state index < -0.39 is 0 Å². The average Bonchev–Trinajstić information content (AvgIpc) is 3.11. The van der Waals surface area contributed by atoms with Crippen LogP contribution in [0.15, 0.2) is 11.0 Å². The molecule has 0 unspecified atom stereocenters. The van der Waals surface area contributed by atoms with Gasteiger partial charge in [-0.2, -0.15) is 0 Å². The molecule has 3 N–H and O–H groups in total. The lowest BCUT2D eigenvalue weighted by atomic mass is 9.77. The van der Waals surface area contributed by atoms with Crippen molar-refractivity contribution in [3.8, 4) is 0 Å². The van der Waals surface area contributed by atoms with Crippen molar-refractivity contribution in [2.24, 2.45) is 11.8 Å². The molecule has 0 aliphatic carbocycles. The fourth-order valence-corrected chi connectivity index (χ4v) is 4.56. The Morgan fingerprint density at radius 2 is 2.00 bits per heavy atom. The minimum atomic E-state index is -0.374. The SMILES string of the molecule is CN1C(=O)N[C@@H](C2CCN(C(=O)c3c[nH]c(=O)[nH]3)CC2)[C@@H]2CCCO[C@@H]21. The van der Waals surface area contributed by atoms with Crippen molar-refractivity contribution in [3.63, 3.8) is 0 Å². The molecular formula is C17H25N5O4. The van der Waals surface area contributed by atoms with Crippen LogP contribution < -0.4 is 11.0 Å². The highest BCUT2D eigenvalue weighted by Gasteiger charge is 2.45. The molecule has 26 heavy (non-hydrogen) atoms. The molecule has 3 saturated heterocycles. The van der Waals surface area contributed by atoms with Gasteiger partial charge in [-0.3, -0.25) is 4.79 Å². The summed E-state index contributed by atoms with van der Waals surface area (Å²) < 4.78 is 5.87. The van der Waals surface area contributed by atoms with E-state index in [0.29, 0.717) is 37.2 Å². The number of carbonyl (C=O) groups excluding carboxylic acids is 2. The van der Waals surface area contributed by atoms with Gasteiger partial charge in [0.25, 0.3) is 5.91 Å². The summed E-state index contributed by atoms with van der Waals surface area (Å²) in [7, 11) is 1.79. The van der Waals surface area contributed by atoms with Gasteiger partial charge in [0.1, 0.15) is 11.9 Å². The number of nitrogens with one attached hydrogen (secondary N) is 3. The van der Waals surface area contributed by atoms with E-state index in [-0.39, 0.29) is 29.9 Å². The highest BCUT2D eigenvalue weighted by molar-refractivity contribution is 5.92. The summed E-state index contributed by atoms with van der Waals surface area (Å²) in [6.45, 7) is 1.95. The molecule has 0 saturated carbocycles. The Morgan fingerprint density at radius 1 is 1.23 bits per heavy atom. The molecule has 9 nitrogen and oxygen atoms in total. The molecule has 0 aromatic carbocycles. The fourth-order valence-electron chi connectivity index (χ4n) is 4.56. The van der Waals surface area contributed by atoms with E-state index in [9.17, 15) is 14.4 Å². The van der Waals surface area contributed by atoms with Crippen molar-refractivity contribution in [2.75, 3.05) is 26.7 Å². The summed E-state index contributed by atoms with van der Waals surface area (Å²) in [5.74, 6) is 0.462. The highest BCUT2D eigenvalue weighted by Crippen LogP contribution is 2.36. The van der Waals surface area contributed by atoms with E-state index in [2.05, 4.69) is 15.3 Å². The lowest BCUT2D eigenvalue weighted by Gasteiger charge is -2.49.